The van der Waals surface area contributed by atoms with E-state index in [4.69, 9.17) is 0 Å². The summed E-state index contributed by atoms with van der Waals surface area (Å²) in [6.07, 6.45) is 5.08. The Bertz CT molecular complexity index is 389. The van der Waals surface area contributed by atoms with Gasteiger partial charge in [-0.15, -0.1) is 0 Å². The minimum Gasteiger partial charge on any atom is -0.317 e. The Balaban J connectivity index is 2.14. The molecule has 2 atom stereocenters. The van der Waals surface area contributed by atoms with Gasteiger partial charge in [0.1, 0.15) is 5.82 Å². The summed E-state index contributed by atoms with van der Waals surface area (Å²) in [5, 5.41) is 3.45. The maximum Gasteiger partial charge on any atom is 0.126 e. The highest BCUT2D eigenvalue weighted by atomic mass is 19.1. The molecule has 1 fully saturated rings. The van der Waals surface area contributed by atoms with E-state index in [1.54, 1.807) is 6.07 Å². The van der Waals surface area contributed by atoms with Crippen molar-refractivity contribution in [2.24, 2.45) is 5.92 Å². The molecule has 0 aromatic heterocycles. The van der Waals surface area contributed by atoms with Gasteiger partial charge < -0.3 is 5.32 Å². The molecule has 0 radical (unpaired) electrons. The van der Waals surface area contributed by atoms with Gasteiger partial charge in [0.2, 0.25) is 0 Å². The van der Waals surface area contributed by atoms with Gasteiger partial charge in [-0.05, 0) is 61.9 Å². The fourth-order valence-electron chi connectivity index (χ4n) is 3.06. The second-order valence-corrected chi connectivity index (χ2v) is 5.47. The molecule has 2 rings (SSSR count). The molecule has 1 aliphatic carbocycles. The molecule has 1 aromatic rings. The van der Waals surface area contributed by atoms with Gasteiger partial charge in [-0.25, -0.2) is 4.39 Å². The molecule has 2 unspecified atom stereocenters. The molecular formula is C16H24FN. The third-order valence-electron chi connectivity index (χ3n) is 4.19. The molecule has 1 aromatic carbocycles. The molecule has 1 nitrogen and oxygen atoms in total. The van der Waals surface area contributed by atoms with Crippen molar-refractivity contribution >= 4 is 0 Å². The number of hydrogen-bond donors (Lipinski definition) is 1. The van der Waals surface area contributed by atoms with Crippen molar-refractivity contribution in [3.63, 3.8) is 0 Å². The Morgan fingerprint density at radius 3 is 2.78 bits per heavy atom. The van der Waals surface area contributed by atoms with Crippen LogP contribution in [-0.4, -0.2) is 13.1 Å². The molecule has 0 spiro atoms. The minimum atomic E-state index is -0.0553. The van der Waals surface area contributed by atoms with E-state index in [0.29, 0.717) is 11.8 Å². The number of nitrogens with one attached hydrogen (secondary N) is 1. The Morgan fingerprint density at radius 2 is 2.06 bits per heavy atom. The first-order valence-corrected chi connectivity index (χ1v) is 7.19. The van der Waals surface area contributed by atoms with Gasteiger partial charge in [-0.3, -0.25) is 0 Å². The topological polar surface area (TPSA) is 12.0 Å². The molecule has 18 heavy (non-hydrogen) atoms. The van der Waals surface area contributed by atoms with Crippen LogP contribution in [0, 0.1) is 18.7 Å². The number of aryl methyl sites for hydroxylation is 1. The summed E-state index contributed by atoms with van der Waals surface area (Å²) in [4.78, 5) is 0. The van der Waals surface area contributed by atoms with Crippen molar-refractivity contribution in [3.8, 4) is 0 Å². The third-order valence-corrected chi connectivity index (χ3v) is 4.19. The second-order valence-electron chi connectivity index (χ2n) is 5.47. The van der Waals surface area contributed by atoms with E-state index in [1.165, 1.54) is 31.2 Å². The standard InChI is InChI=1S/C16H24FN/c1-3-18-11-14-6-4-5-7-15(14)13-9-8-12(2)16(17)10-13/h8-10,14-15,18H,3-7,11H2,1-2H3. The molecule has 1 aliphatic rings. The van der Waals surface area contributed by atoms with E-state index in [2.05, 4.69) is 18.3 Å². The predicted octanol–water partition coefficient (Wildman–Crippen LogP) is 4.02. The molecule has 0 amide bonds. The van der Waals surface area contributed by atoms with Crippen LogP contribution in [0.15, 0.2) is 18.2 Å². The Labute approximate surface area is 110 Å². The molecule has 0 saturated heterocycles. The highest BCUT2D eigenvalue weighted by Crippen LogP contribution is 2.37. The van der Waals surface area contributed by atoms with Crippen molar-refractivity contribution < 1.29 is 4.39 Å². The predicted molar refractivity (Wildman–Crippen MR) is 74.4 cm³/mol. The largest absolute Gasteiger partial charge is 0.317 e. The first kappa shape index (κ1) is 13.5. The molecule has 2 heteroatoms. The zero-order valence-electron chi connectivity index (χ0n) is 11.5. The summed E-state index contributed by atoms with van der Waals surface area (Å²) in [6, 6.07) is 5.79. The summed E-state index contributed by atoms with van der Waals surface area (Å²) in [5.41, 5.74) is 1.94. The quantitative estimate of drug-likeness (QED) is 0.850. The van der Waals surface area contributed by atoms with Crippen molar-refractivity contribution in [3.05, 3.63) is 35.1 Å². The third kappa shape index (κ3) is 3.11. The van der Waals surface area contributed by atoms with Gasteiger partial charge in [0.25, 0.3) is 0 Å². The van der Waals surface area contributed by atoms with Crippen molar-refractivity contribution in [1.82, 2.24) is 5.32 Å². The van der Waals surface area contributed by atoms with E-state index in [0.717, 1.165) is 18.7 Å². The normalized spacial score (nSPS) is 24.2. The maximum atomic E-state index is 13.7. The highest BCUT2D eigenvalue weighted by Gasteiger charge is 2.26. The van der Waals surface area contributed by atoms with E-state index in [-0.39, 0.29) is 5.82 Å². The average molecular weight is 249 g/mol. The molecular weight excluding hydrogens is 225 g/mol. The number of halogens is 1. The van der Waals surface area contributed by atoms with Crippen LogP contribution in [0.3, 0.4) is 0 Å². The van der Waals surface area contributed by atoms with Crippen molar-refractivity contribution in [2.75, 3.05) is 13.1 Å². The monoisotopic (exact) mass is 249 g/mol. The number of hydrogen-bond acceptors (Lipinski definition) is 1. The molecule has 100 valence electrons. The van der Waals surface area contributed by atoms with Crippen molar-refractivity contribution in [1.29, 1.82) is 0 Å². The number of rotatable bonds is 4. The van der Waals surface area contributed by atoms with Crippen LogP contribution >= 0.6 is 0 Å². The van der Waals surface area contributed by atoms with E-state index < -0.39 is 0 Å². The summed E-state index contributed by atoms with van der Waals surface area (Å²) in [5.74, 6) is 1.15. The van der Waals surface area contributed by atoms with Crippen LogP contribution in [0.2, 0.25) is 0 Å². The van der Waals surface area contributed by atoms with E-state index in [9.17, 15) is 4.39 Å². The lowest BCUT2D eigenvalue weighted by molar-refractivity contribution is 0.297. The molecule has 0 aliphatic heterocycles. The summed E-state index contributed by atoms with van der Waals surface area (Å²) >= 11 is 0. The van der Waals surface area contributed by atoms with Gasteiger partial charge in [-0.2, -0.15) is 0 Å². The number of benzene rings is 1. The SMILES string of the molecule is CCNCC1CCCCC1c1ccc(C)c(F)c1. The van der Waals surface area contributed by atoms with Gasteiger partial charge >= 0.3 is 0 Å². The Hall–Kier alpha value is -0.890. The minimum absolute atomic E-state index is 0.0553. The second kappa shape index (κ2) is 6.33. The smallest absolute Gasteiger partial charge is 0.126 e. The molecule has 1 saturated carbocycles. The Kier molecular flexibility index (Phi) is 4.76. The van der Waals surface area contributed by atoms with Crippen LogP contribution in [0.1, 0.15) is 49.7 Å². The summed E-state index contributed by atoms with van der Waals surface area (Å²) < 4.78 is 13.7. The van der Waals surface area contributed by atoms with Gasteiger partial charge in [0.15, 0.2) is 0 Å². The lowest BCUT2D eigenvalue weighted by atomic mass is 9.75. The fourth-order valence-corrected chi connectivity index (χ4v) is 3.06. The van der Waals surface area contributed by atoms with Gasteiger partial charge in [0.05, 0.1) is 0 Å². The molecule has 0 heterocycles. The lowest BCUT2D eigenvalue weighted by Crippen LogP contribution is -2.29. The zero-order chi connectivity index (χ0) is 13.0. The lowest BCUT2D eigenvalue weighted by Gasteiger charge is -2.32. The molecule has 1 N–H and O–H groups in total. The average Bonchev–Trinajstić information content (AvgIpc) is 2.40. The van der Waals surface area contributed by atoms with Crippen LogP contribution in [0.5, 0.6) is 0 Å². The van der Waals surface area contributed by atoms with Crippen LogP contribution < -0.4 is 5.32 Å². The van der Waals surface area contributed by atoms with Gasteiger partial charge in [0, 0.05) is 0 Å². The first-order chi connectivity index (χ1) is 8.72. The summed E-state index contributed by atoms with van der Waals surface area (Å²) in [7, 11) is 0. The Morgan fingerprint density at radius 1 is 1.28 bits per heavy atom. The zero-order valence-corrected chi connectivity index (χ0v) is 11.5. The summed E-state index contributed by atoms with van der Waals surface area (Å²) in [6.45, 7) is 6.06. The van der Waals surface area contributed by atoms with E-state index >= 15 is 0 Å². The highest BCUT2D eigenvalue weighted by molar-refractivity contribution is 5.27. The fraction of sp³-hybridized carbons (Fsp3) is 0.625. The van der Waals surface area contributed by atoms with Gasteiger partial charge in [-0.1, -0.05) is 31.9 Å². The first-order valence-electron chi connectivity index (χ1n) is 7.19. The van der Waals surface area contributed by atoms with E-state index in [1.807, 2.05) is 13.0 Å². The molecule has 0 bridgehead atoms. The van der Waals surface area contributed by atoms with Crippen molar-refractivity contribution in [2.45, 2.75) is 45.4 Å². The maximum absolute atomic E-state index is 13.7. The van der Waals surface area contributed by atoms with Crippen LogP contribution in [0.4, 0.5) is 4.39 Å². The van der Waals surface area contributed by atoms with Crippen LogP contribution in [-0.2, 0) is 0 Å². The van der Waals surface area contributed by atoms with Crippen LogP contribution in [0.25, 0.3) is 0 Å².